The number of ether oxygens (including phenoxy) is 4. The number of hydrogen-bond acceptors (Lipinski definition) is 9. The number of hydrogen-bond donors (Lipinski definition) is 1. The summed E-state index contributed by atoms with van der Waals surface area (Å²) in [7, 11) is 0. The van der Waals surface area contributed by atoms with Crippen LogP contribution in [0.25, 0.3) is 10.5 Å². The number of carbonyl (C=O) groups excluding carboxylic acids is 4. The van der Waals surface area contributed by atoms with E-state index in [-0.39, 0.29) is 42.7 Å². The summed E-state index contributed by atoms with van der Waals surface area (Å²) in [5.74, 6) is 0.164. The highest BCUT2D eigenvalue weighted by molar-refractivity contribution is 8.08. The first-order valence-electron chi connectivity index (χ1n) is 23.3. The minimum Gasteiger partial charge on any atom is -0.491 e. The van der Waals surface area contributed by atoms with Gasteiger partial charge in [0.05, 0.1) is 32.0 Å². The fourth-order valence-corrected chi connectivity index (χ4v) is 7.12. The van der Waals surface area contributed by atoms with E-state index in [1.54, 1.807) is 24.8 Å². The van der Waals surface area contributed by atoms with Crippen LogP contribution in [0, 0.1) is 12.8 Å². The zero-order chi connectivity index (χ0) is 48.6. The van der Waals surface area contributed by atoms with Crippen molar-refractivity contribution in [1.82, 2.24) is 5.32 Å². The lowest BCUT2D eigenvalue weighted by Crippen LogP contribution is -2.39. The quantitative estimate of drug-likeness (QED) is 0.0278. The maximum Gasteiger partial charge on any atom is 0.338 e. The lowest BCUT2D eigenvalue weighted by molar-refractivity contribution is -0.135. The molecule has 3 aromatic rings. The first-order chi connectivity index (χ1) is 31.3. The highest BCUT2D eigenvalue weighted by Gasteiger charge is 2.21. The van der Waals surface area contributed by atoms with Gasteiger partial charge in [-0.15, -0.1) is 0 Å². The summed E-state index contributed by atoms with van der Waals surface area (Å²) in [4.78, 5) is 48.1. The molecule has 0 saturated carbocycles. The minimum absolute atomic E-state index is 0.0164. The van der Waals surface area contributed by atoms with Gasteiger partial charge in [0.2, 0.25) is 11.8 Å². The van der Waals surface area contributed by atoms with Gasteiger partial charge >= 0.3 is 5.97 Å². The normalized spacial score (nSPS) is 14.0. The number of rotatable bonds is 21. The number of thioether (sulfide) groups is 1. The van der Waals surface area contributed by atoms with E-state index in [2.05, 4.69) is 108 Å². The number of Topliss-reactive ketones (excluding diaryl/α,β-unsaturated/α-hetero) is 1. The van der Waals surface area contributed by atoms with Crippen molar-refractivity contribution >= 4 is 45.8 Å². The lowest BCUT2D eigenvalue weighted by Gasteiger charge is -2.15. The average Bonchev–Trinajstić information content (AvgIpc) is 3.30. The second-order valence-electron chi connectivity index (χ2n) is 15.1. The van der Waals surface area contributed by atoms with Crippen LogP contribution in [-0.4, -0.2) is 63.2 Å². The topological polar surface area (TPSA) is 117 Å². The van der Waals surface area contributed by atoms with Crippen LogP contribution < -0.4 is 10.1 Å². The van der Waals surface area contributed by atoms with Crippen LogP contribution in [0.1, 0.15) is 151 Å². The Kier molecular flexibility index (Phi) is 30.6. The van der Waals surface area contributed by atoms with Crippen LogP contribution in [0.15, 0.2) is 102 Å². The number of allylic oxidation sites excluding steroid dienone is 7. The zero-order valence-corrected chi connectivity index (χ0v) is 42.2. The molecule has 1 aliphatic heterocycles. The molecule has 1 unspecified atom stereocenters. The molecular weight excluding hydrogens is 835 g/mol. The third-order valence-electron chi connectivity index (χ3n) is 9.65. The summed E-state index contributed by atoms with van der Waals surface area (Å²) in [6.45, 7) is 26.2. The van der Waals surface area contributed by atoms with E-state index in [1.807, 2.05) is 58.0 Å². The molecule has 356 valence electrons. The van der Waals surface area contributed by atoms with E-state index in [1.165, 1.54) is 23.1 Å². The number of aryl methyl sites for hydroxylation is 2. The fourth-order valence-electron chi connectivity index (χ4n) is 5.96. The summed E-state index contributed by atoms with van der Waals surface area (Å²) in [5.41, 5.74) is 8.07. The summed E-state index contributed by atoms with van der Waals surface area (Å²) >= 11 is 1.66. The Hall–Kier alpha value is -5.03. The zero-order valence-electron chi connectivity index (χ0n) is 41.4. The Morgan fingerprint density at radius 1 is 0.785 bits per heavy atom. The van der Waals surface area contributed by atoms with Crippen molar-refractivity contribution in [3.05, 3.63) is 130 Å². The predicted octanol–water partition coefficient (Wildman–Crippen LogP) is 13.4. The molecule has 2 amide bonds. The maximum absolute atomic E-state index is 12.9. The van der Waals surface area contributed by atoms with Gasteiger partial charge in [-0.1, -0.05) is 139 Å². The van der Waals surface area contributed by atoms with E-state index >= 15 is 0 Å². The average molecular weight is 912 g/mol. The molecule has 0 aromatic heterocycles. The van der Waals surface area contributed by atoms with Crippen LogP contribution in [0.4, 0.5) is 0 Å². The molecule has 3 aromatic carbocycles. The minimum atomic E-state index is -0.377. The second kappa shape index (κ2) is 34.3. The molecule has 1 heterocycles. The molecule has 9 nitrogen and oxygen atoms in total. The van der Waals surface area contributed by atoms with Crippen LogP contribution in [0.5, 0.6) is 5.75 Å². The summed E-state index contributed by atoms with van der Waals surface area (Å²) in [5, 5.41) is 2.25. The molecule has 65 heavy (non-hydrogen) atoms. The van der Waals surface area contributed by atoms with Crippen molar-refractivity contribution in [1.29, 1.82) is 0 Å². The Balaban J connectivity index is 0.00000130. The molecule has 0 aliphatic carbocycles. The smallest absolute Gasteiger partial charge is 0.338 e. The number of esters is 1. The Morgan fingerprint density at radius 3 is 1.97 bits per heavy atom. The Morgan fingerprint density at radius 2 is 1.40 bits per heavy atom. The second-order valence-corrected chi connectivity index (χ2v) is 16.2. The van der Waals surface area contributed by atoms with Gasteiger partial charge in [-0.05, 0) is 112 Å². The van der Waals surface area contributed by atoms with Gasteiger partial charge < -0.3 is 18.9 Å². The third kappa shape index (κ3) is 22.6. The monoisotopic (exact) mass is 912 g/mol. The van der Waals surface area contributed by atoms with Crippen molar-refractivity contribution < 1.29 is 38.1 Å². The number of nitrogens with one attached hydrogen (secondary N) is 1. The van der Waals surface area contributed by atoms with E-state index in [0.717, 1.165) is 57.1 Å². The van der Waals surface area contributed by atoms with Gasteiger partial charge in [0.15, 0.2) is 5.78 Å². The van der Waals surface area contributed by atoms with Gasteiger partial charge in [-0.25, -0.2) is 4.79 Å². The van der Waals surface area contributed by atoms with Gasteiger partial charge in [0, 0.05) is 27.7 Å². The predicted molar refractivity (Wildman–Crippen MR) is 271 cm³/mol. The summed E-state index contributed by atoms with van der Waals surface area (Å²) in [6.07, 6.45) is 15.9. The van der Waals surface area contributed by atoms with Crippen molar-refractivity contribution in [3.63, 3.8) is 0 Å². The van der Waals surface area contributed by atoms with E-state index in [0.29, 0.717) is 44.8 Å². The number of amides is 2. The van der Waals surface area contributed by atoms with Gasteiger partial charge in [0.25, 0.3) is 0 Å². The first-order valence-corrected chi connectivity index (χ1v) is 24.1. The molecule has 1 saturated heterocycles. The molecule has 0 spiro atoms. The van der Waals surface area contributed by atoms with Crippen molar-refractivity contribution in [2.75, 3.05) is 39.6 Å². The number of benzene rings is 3. The van der Waals surface area contributed by atoms with E-state index < -0.39 is 0 Å². The maximum atomic E-state index is 12.9. The van der Waals surface area contributed by atoms with Crippen LogP contribution >= 0.6 is 11.8 Å². The van der Waals surface area contributed by atoms with Crippen LogP contribution in [0.3, 0.4) is 0 Å². The highest BCUT2D eigenvalue weighted by atomic mass is 32.2. The summed E-state index contributed by atoms with van der Waals surface area (Å²) < 4.78 is 22.5. The molecule has 1 N–H and O–H groups in total. The number of carbonyl (C=O) groups is 4. The van der Waals surface area contributed by atoms with Crippen molar-refractivity contribution in [2.24, 2.45) is 5.92 Å². The van der Waals surface area contributed by atoms with Gasteiger partial charge in [-0.2, -0.15) is 0 Å². The highest BCUT2D eigenvalue weighted by Crippen LogP contribution is 2.37. The number of ketones is 1. The molecule has 10 heteroatoms. The first kappa shape index (κ1) is 58.0. The molecule has 1 atom stereocenters. The Bertz CT molecular complexity index is 2030. The molecule has 1 aliphatic rings. The largest absolute Gasteiger partial charge is 0.491 e. The van der Waals surface area contributed by atoms with Crippen molar-refractivity contribution in [3.8, 4) is 5.75 Å². The van der Waals surface area contributed by atoms with Crippen LogP contribution in [-0.2, 0) is 30.2 Å². The standard InChI is InChI=1S/C44H54O6S.C6H9NO2.C3H8.C2H6/c1-8-12-38-30-40(22-23-41(38)34(7)45)49-28-26-47-24-25-48-27-29-50-44(46)39-17-15-33(6)43(31-39)51-42(13-9-2)37-20-18-36(19-21-37)35(11-4)16-14-32(5)10-3;1-4-2-3-5(8)7-6(4)9;1-3-2;1-2/h10-11,13-23,30-31H,8-9,12,24-29H2,1-7H3;4H,2-3H2,1H3,(H,7,8,9);3H2,1-2H3;1-2H3/b16-14-,32-10-,35-11+,42-13+;;;. The lowest BCUT2D eigenvalue weighted by atomic mass is 10.0. The SMILES string of the molecule is CC.CC1CCC(=O)NC1=O.CCC.C\C=C(C)/C=C\C(=C/C)c1ccc(/C(=C\CC)Sc2cc(C(=O)OCCOCCOCCOc3ccc(C(C)=O)c(CCC)c3)ccc2C)cc1. The van der Waals surface area contributed by atoms with E-state index in [4.69, 9.17) is 18.9 Å². The molecule has 1 fully saturated rings. The molecule has 4 rings (SSSR count). The molecule has 0 radical (unpaired) electrons. The van der Waals surface area contributed by atoms with Gasteiger partial charge in [0.1, 0.15) is 19.0 Å². The number of piperidine rings is 1. The van der Waals surface area contributed by atoms with Crippen molar-refractivity contribution in [2.45, 2.75) is 127 Å². The molecular formula is C55H77NO8S. The Labute approximate surface area is 395 Å². The van der Waals surface area contributed by atoms with Crippen LogP contribution in [0.2, 0.25) is 0 Å². The van der Waals surface area contributed by atoms with E-state index in [9.17, 15) is 19.2 Å². The fraction of sp³-hybridized carbons (Fsp3) is 0.455. The molecule has 0 bridgehead atoms. The summed E-state index contributed by atoms with van der Waals surface area (Å²) in [6, 6.07) is 19.9. The van der Waals surface area contributed by atoms with Gasteiger partial charge in [-0.3, -0.25) is 19.7 Å². The number of imide groups is 1. The third-order valence-corrected chi connectivity index (χ3v) is 10.9.